The molecule has 2 aromatic heterocycles. The number of pyridine rings is 1. The Morgan fingerprint density at radius 1 is 1.50 bits per heavy atom. The van der Waals surface area contributed by atoms with Gasteiger partial charge in [-0.1, -0.05) is 18.3 Å². The van der Waals surface area contributed by atoms with Gasteiger partial charge in [0.25, 0.3) is 0 Å². The van der Waals surface area contributed by atoms with Crippen molar-refractivity contribution < 1.29 is 9.18 Å². The lowest BCUT2D eigenvalue weighted by Crippen LogP contribution is -2.32. The maximum atomic E-state index is 13.3. The average molecular weight is 339 g/mol. The molecule has 2 rings (SSSR count). The van der Waals surface area contributed by atoms with Gasteiger partial charge in [-0.3, -0.25) is 9.78 Å². The van der Waals surface area contributed by atoms with Crippen molar-refractivity contribution >= 4 is 34.0 Å². The van der Waals surface area contributed by atoms with E-state index in [1.165, 1.54) is 17.4 Å². The van der Waals surface area contributed by atoms with Crippen molar-refractivity contribution in [2.45, 2.75) is 13.8 Å². The van der Waals surface area contributed by atoms with Gasteiger partial charge in [-0.05, 0) is 19.2 Å². The van der Waals surface area contributed by atoms with Crippen molar-refractivity contribution in [3.05, 3.63) is 30.0 Å². The van der Waals surface area contributed by atoms with E-state index in [0.29, 0.717) is 10.6 Å². The first-order valence-corrected chi connectivity index (χ1v) is 9.00. The molecule has 0 aliphatic rings. The van der Waals surface area contributed by atoms with Gasteiger partial charge < -0.3 is 4.90 Å². The van der Waals surface area contributed by atoms with E-state index >= 15 is 0 Å². The third-order valence-corrected chi connectivity index (χ3v) is 5.31. The number of carbonyl (C=O) groups excluding carboxylic acids is 1. The second kappa shape index (κ2) is 7.19. The first-order valence-electron chi connectivity index (χ1n) is 6.79. The predicted molar refractivity (Wildman–Crippen MR) is 91.0 cm³/mol. The minimum Gasteiger partial charge on any atom is -0.305 e. The number of hydrogen-bond acceptors (Lipinski definition) is 5. The van der Waals surface area contributed by atoms with Crippen molar-refractivity contribution in [1.82, 2.24) is 9.97 Å². The van der Waals surface area contributed by atoms with Crippen LogP contribution in [0.1, 0.15) is 12.6 Å². The van der Waals surface area contributed by atoms with Gasteiger partial charge in [0.1, 0.15) is 15.8 Å². The number of anilines is 1. The summed E-state index contributed by atoms with van der Waals surface area (Å²) in [5, 5.41) is 1.45. The normalized spacial score (nSPS) is 12.2. The molecule has 0 aliphatic carbocycles. The van der Waals surface area contributed by atoms with Crippen LogP contribution in [0.4, 0.5) is 9.39 Å². The SMILES string of the molecule is CSCC(C)C(=O)N(C)c1sc(-c2cncc(F)c2)nc1C. The number of thiazole rings is 1. The van der Waals surface area contributed by atoms with Crippen LogP contribution in [-0.2, 0) is 4.79 Å². The lowest BCUT2D eigenvalue weighted by atomic mass is 10.2. The summed E-state index contributed by atoms with van der Waals surface area (Å²) in [6, 6.07) is 1.40. The molecule has 1 unspecified atom stereocenters. The van der Waals surface area contributed by atoms with E-state index in [2.05, 4.69) is 9.97 Å². The molecule has 0 N–H and O–H groups in total. The smallest absolute Gasteiger partial charge is 0.231 e. The molecular weight excluding hydrogens is 321 g/mol. The van der Waals surface area contributed by atoms with Gasteiger partial charge in [-0.15, -0.1) is 0 Å². The van der Waals surface area contributed by atoms with E-state index in [1.54, 1.807) is 29.9 Å². The Kier molecular flexibility index (Phi) is 5.52. The summed E-state index contributed by atoms with van der Waals surface area (Å²) in [7, 11) is 1.76. The maximum Gasteiger partial charge on any atom is 0.231 e. The minimum absolute atomic E-state index is 0.0548. The van der Waals surface area contributed by atoms with Gasteiger partial charge in [-0.25, -0.2) is 9.37 Å². The fourth-order valence-corrected chi connectivity index (χ4v) is 3.76. The van der Waals surface area contributed by atoms with E-state index in [1.807, 2.05) is 20.1 Å². The van der Waals surface area contributed by atoms with E-state index < -0.39 is 5.82 Å². The zero-order valence-electron chi connectivity index (χ0n) is 13.0. The Morgan fingerprint density at radius 2 is 2.23 bits per heavy atom. The van der Waals surface area contributed by atoms with Crippen molar-refractivity contribution in [2.24, 2.45) is 5.92 Å². The second-order valence-electron chi connectivity index (χ2n) is 5.06. The Balaban J connectivity index is 2.28. The second-order valence-corrected chi connectivity index (χ2v) is 6.94. The predicted octanol–water partition coefficient (Wildman–Crippen LogP) is 3.61. The Morgan fingerprint density at radius 3 is 2.86 bits per heavy atom. The summed E-state index contributed by atoms with van der Waals surface area (Å²) in [4.78, 5) is 22.3. The van der Waals surface area contributed by atoms with Crippen molar-refractivity contribution in [1.29, 1.82) is 0 Å². The highest BCUT2D eigenvalue weighted by Crippen LogP contribution is 2.34. The number of nitrogens with zero attached hydrogens (tertiary/aromatic N) is 3. The molecule has 2 heterocycles. The van der Waals surface area contributed by atoms with Gasteiger partial charge in [0.15, 0.2) is 0 Å². The molecule has 0 aromatic carbocycles. The fourth-order valence-electron chi connectivity index (χ4n) is 2.10. The molecule has 0 saturated heterocycles. The Hall–Kier alpha value is -1.47. The standard InChI is InChI=1S/C15H18FN3OS2/c1-9(8-21-4)14(20)19(3)15-10(2)18-13(22-15)11-5-12(16)7-17-6-11/h5-7,9H,8H2,1-4H3. The summed E-state index contributed by atoms with van der Waals surface area (Å²) in [6.07, 6.45) is 4.71. The van der Waals surface area contributed by atoms with Crippen LogP contribution in [0.15, 0.2) is 18.5 Å². The van der Waals surface area contributed by atoms with E-state index in [4.69, 9.17) is 0 Å². The highest BCUT2D eigenvalue weighted by molar-refractivity contribution is 7.98. The number of amides is 1. The minimum atomic E-state index is -0.398. The van der Waals surface area contributed by atoms with Gasteiger partial charge in [0.05, 0.1) is 11.9 Å². The average Bonchev–Trinajstić information content (AvgIpc) is 2.88. The number of halogens is 1. The van der Waals surface area contributed by atoms with Crippen molar-refractivity contribution in [3.8, 4) is 10.6 Å². The number of thioether (sulfide) groups is 1. The third-order valence-electron chi connectivity index (χ3n) is 3.20. The molecule has 1 amide bonds. The first kappa shape index (κ1) is 16.9. The summed E-state index contributed by atoms with van der Waals surface area (Å²) in [6.45, 7) is 3.77. The van der Waals surface area contributed by atoms with Gasteiger partial charge in [-0.2, -0.15) is 11.8 Å². The highest BCUT2D eigenvalue weighted by atomic mass is 32.2. The summed E-state index contributed by atoms with van der Waals surface area (Å²) >= 11 is 3.02. The molecular formula is C15H18FN3OS2. The molecule has 2 aromatic rings. The van der Waals surface area contributed by atoms with Crippen LogP contribution in [0.25, 0.3) is 10.6 Å². The van der Waals surface area contributed by atoms with Crippen LogP contribution in [0.3, 0.4) is 0 Å². The number of hydrogen-bond donors (Lipinski definition) is 0. The van der Waals surface area contributed by atoms with Gasteiger partial charge in [0.2, 0.25) is 5.91 Å². The summed E-state index contributed by atoms with van der Waals surface area (Å²) in [5.41, 5.74) is 1.38. The van der Waals surface area contributed by atoms with Crippen molar-refractivity contribution in [3.63, 3.8) is 0 Å². The topological polar surface area (TPSA) is 46.1 Å². The van der Waals surface area contributed by atoms with Crippen LogP contribution in [0, 0.1) is 18.7 Å². The number of rotatable bonds is 5. The monoisotopic (exact) mass is 339 g/mol. The molecule has 0 aliphatic heterocycles. The summed E-state index contributed by atoms with van der Waals surface area (Å²) < 4.78 is 13.3. The third kappa shape index (κ3) is 3.64. The maximum absolute atomic E-state index is 13.3. The van der Waals surface area contributed by atoms with E-state index in [0.717, 1.165) is 22.6 Å². The zero-order chi connectivity index (χ0) is 16.3. The van der Waals surface area contributed by atoms with E-state index in [9.17, 15) is 9.18 Å². The first-order chi connectivity index (χ1) is 10.4. The molecule has 4 nitrogen and oxygen atoms in total. The van der Waals surface area contributed by atoms with Crippen LogP contribution >= 0.6 is 23.1 Å². The molecule has 1 atom stereocenters. The zero-order valence-corrected chi connectivity index (χ0v) is 14.6. The van der Waals surface area contributed by atoms with Crippen LogP contribution < -0.4 is 4.90 Å². The van der Waals surface area contributed by atoms with Gasteiger partial charge >= 0.3 is 0 Å². The van der Waals surface area contributed by atoms with Crippen molar-refractivity contribution in [2.75, 3.05) is 24.0 Å². The van der Waals surface area contributed by atoms with Crippen LogP contribution in [0.2, 0.25) is 0 Å². The molecule has 0 bridgehead atoms. The fraction of sp³-hybridized carbons (Fsp3) is 0.400. The number of carbonyl (C=O) groups is 1. The molecule has 0 saturated carbocycles. The summed E-state index contributed by atoms with van der Waals surface area (Å²) in [5.74, 6) is 0.387. The Bertz CT molecular complexity index is 675. The number of aromatic nitrogens is 2. The Labute approximate surface area is 137 Å². The van der Waals surface area contributed by atoms with E-state index in [-0.39, 0.29) is 11.8 Å². The number of aryl methyl sites for hydroxylation is 1. The molecule has 0 spiro atoms. The molecule has 118 valence electrons. The molecule has 22 heavy (non-hydrogen) atoms. The molecule has 0 radical (unpaired) electrons. The lowest BCUT2D eigenvalue weighted by molar-refractivity contribution is -0.120. The lowest BCUT2D eigenvalue weighted by Gasteiger charge is -2.19. The van der Waals surface area contributed by atoms with Gasteiger partial charge in [0, 0.05) is 30.5 Å². The van der Waals surface area contributed by atoms with Crippen LogP contribution in [-0.4, -0.2) is 34.9 Å². The molecule has 0 fully saturated rings. The molecule has 7 heteroatoms. The largest absolute Gasteiger partial charge is 0.305 e. The highest BCUT2D eigenvalue weighted by Gasteiger charge is 2.22. The van der Waals surface area contributed by atoms with Crippen LogP contribution in [0.5, 0.6) is 0 Å². The quantitative estimate of drug-likeness (QED) is 0.835.